The molecular weight excluding hydrogens is 311 g/mol. The normalized spacial score (nSPS) is 13.4. The lowest BCUT2D eigenvalue weighted by atomic mass is 10.1. The van der Waals surface area contributed by atoms with Crippen LogP contribution in [0.1, 0.15) is 25.3 Å². The zero-order chi connectivity index (χ0) is 13.8. The summed E-state index contributed by atoms with van der Waals surface area (Å²) < 4.78 is 38.9. The van der Waals surface area contributed by atoms with Gasteiger partial charge >= 0.3 is 6.18 Å². The van der Waals surface area contributed by atoms with Crippen LogP contribution in [0.2, 0.25) is 0 Å². The smallest absolute Gasteiger partial charge is 0.396 e. The van der Waals surface area contributed by atoms with E-state index in [-0.39, 0.29) is 18.3 Å². The highest BCUT2D eigenvalue weighted by Gasteiger charge is 2.33. The molecule has 0 heterocycles. The predicted octanol–water partition coefficient (Wildman–Crippen LogP) is 4.04. The van der Waals surface area contributed by atoms with E-state index in [2.05, 4.69) is 21.2 Å². The van der Waals surface area contributed by atoms with Gasteiger partial charge in [0.15, 0.2) is 0 Å². The van der Waals surface area contributed by atoms with Crippen LogP contribution in [-0.2, 0) is 6.18 Å². The molecule has 6 heteroatoms. The molecule has 0 bridgehead atoms. The molecule has 0 saturated carbocycles. The highest BCUT2D eigenvalue weighted by molar-refractivity contribution is 9.10. The number of aliphatic hydroxyl groups excluding tert-OH is 1. The Labute approximate surface area is 112 Å². The molecule has 2 N–H and O–H groups in total. The van der Waals surface area contributed by atoms with Crippen LogP contribution in [0.4, 0.5) is 18.9 Å². The predicted molar refractivity (Wildman–Crippen MR) is 68.5 cm³/mol. The summed E-state index contributed by atoms with van der Waals surface area (Å²) in [5.41, 5.74) is -0.621. The number of alkyl halides is 3. The summed E-state index contributed by atoms with van der Waals surface area (Å²) in [6.45, 7) is 1.83. The molecule has 0 aliphatic carbocycles. The SMILES string of the molecule is CC(CCCO)Nc1ccc(Br)cc1C(F)(F)F. The summed E-state index contributed by atoms with van der Waals surface area (Å²) >= 11 is 3.04. The van der Waals surface area contributed by atoms with Gasteiger partial charge in [-0.05, 0) is 38.0 Å². The van der Waals surface area contributed by atoms with Crippen LogP contribution in [0, 0.1) is 0 Å². The standard InChI is InChI=1S/C12H15BrF3NO/c1-8(3-2-6-18)17-11-5-4-9(13)7-10(11)12(14,15)16/h4-5,7-8,17-18H,2-3,6H2,1H3. The molecule has 0 radical (unpaired) electrons. The van der Waals surface area contributed by atoms with Gasteiger partial charge in [0.1, 0.15) is 0 Å². The first-order valence-electron chi connectivity index (χ1n) is 5.58. The molecule has 0 saturated heterocycles. The maximum absolute atomic E-state index is 12.8. The second kappa shape index (κ2) is 6.43. The van der Waals surface area contributed by atoms with Gasteiger partial charge in [0.25, 0.3) is 0 Å². The first-order valence-corrected chi connectivity index (χ1v) is 6.38. The Morgan fingerprint density at radius 1 is 1.39 bits per heavy atom. The van der Waals surface area contributed by atoms with Crippen molar-refractivity contribution in [2.24, 2.45) is 0 Å². The van der Waals surface area contributed by atoms with Crippen molar-refractivity contribution in [1.29, 1.82) is 0 Å². The topological polar surface area (TPSA) is 32.3 Å². The number of hydrogen-bond acceptors (Lipinski definition) is 2. The summed E-state index contributed by atoms with van der Waals surface area (Å²) in [6.07, 6.45) is -3.21. The van der Waals surface area contributed by atoms with E-state index in [1.54, 1.807) is 13.0 Å². The third-order valence-corrected chi connectivity index (χ3v) is 2.98. The van der Waals surface area contributed by atoms with E-state index >= 15 is 0 Å². The van der Waals surface area contributed by atoms with Crippen molar-refractivity contribution in [2.75, 3.05) is 11.9 Å². The molecule has 102 valence electrons. The molecule has 2 nitrogen and oxygen atoms in total. The van der Waals surface area contributed by atoms with Gasteiger partial charge < -0.3 is 10.4 Å². The van der Waals surface area contributed by atoms with Crippen molar-refractivity contribution >= 4 is 21.6 Å². The average Bonchev–Trinajstić information content (AvgIpc) is 2.27. The van der Waals surface area contributed by atoms with Gasteiger partial charge in [0.05, 0.1) is 5.56 Å². The molecule has 18 heavy (non-hydrogen) atoms. The van der Waals surface area contributed by atoms with Crippen LogP contribution < -0.4 is 5.32 Å². The van der Waals surface area contributed by atoms with Crippen LogP contribution in [0.5, 0.6) is 0 Å². The molecule has 0 aromatic heterocycles. The van der Waals surface area contributed by atoms with Crippen LogP contribution >= 0.6 is 15.9 Å². The van der Waals surface area contributed by atoms with Gasteiger partial charge in [-0.1, -0.05) is 15.9 Å². The van der Waals surface area contributed by atoms with Crippen molar-refractivity contribution in [1.82, 2.24) is 0 Å². The molecule has 0 aliphatic rings. The van der Waals surface area contributed by atoms with Gasteiger partial charge in [-0.2, -0.15) is 13.2 Å². The zero-order valence-electron chi connectivity index (χ0n) is 9.89. The molecule has 1 rings (SSSR count). The first kappa shape index (κ1) is 15.3. The highest BCUT2D eigenvalue weighted by Crippen LogP contribution is 2.36. The lowest BCUT2D eigenvalue weighted by Crippen LogP contribution is -2.19. The van der Waals surface area contributed by atoms with Crippen LogP contribution in [0.25, 0.3) is 0 Å². The number of nitrogens with one attached hydrogen (secondary N) is 1. The van der Waals surface area contributed by atoms with E-state index in [1.165, 1.54) is 6.07 Å². The van der Waals surface area contributed by atoms with E-state index in [0.717, 1.165) is 6.07 Å². The first-order chi connectivity index (χ1) is 8.34. The summed E-state index contributed by atoms with van der Waals surface area (Å²) in [6, 6.07) is 3.90. The summed E-state index contributed by atoms with van der Waals surface area (Å²) in [7, 11) is 0. The Kier molecular flexibility index (Phi) is 5.47. The summed E-state index contributed by atoms with van der Waals surface area (Å²) in [4.78, 5) is 0. The Morgan fingerprint density at radius 3 is 2.61 bits per heavy atom. The second-order valence-corrected chi connectivity index (χ2v) is 5.01. The van der Waals surface area contributed by atoms with Crippen LogP contribution in [-0.4, -0.2) is 17.8 Å². The summed E-state index contributed by atoms with van der Waals surface area (Å²) in [5.74, 6) is 0. The molecule has 0 aliphatic heterocycles. The zero-order valence-corrected chi connectivity index (χ0v) is 11.5. The number of halogens is 4. The molecule has 0 amide bonds. The average molecular weight is 326 g/mol. The largest absolute Gasteiger partial charge is 0.418 e. The van der Waals surface area contributed by atoms with Crippen molar-refractivity contribution in [2.45, 2.75) is 32.0 Å². The number of benzene rings is 1. The van der Waals surface area contributed by atoms with Crippen molar-refractivity contribution in [3.63, 3.8) is 0 Å². The lowest BCUT2D eigenvalue weighted by Gasteiger charge is -2.19. The number of aliphatic hydroxyl groups is 1. The van der Waals surface area contributed by atoms with Gasteiger partial charge in [-0.15, -0.1) is 0 Å². The fourth-order valence-corrected chi connectivity index (χ4v) is 1.97. The Morgan fingerprint density at radius 2 is 2.06 bits per heavy atom. The van der Waals surface area contributed by atoms with E-state index < -0.39 is 11.7 Å². The minimum Gasteiger partial charge on any atom is -0.396 e. The molecule has 1 atom stereocenters. The minimum absolute atomic E-state index is 0.0402. The van der Waals surface area contributed by atoms with E-state index in [1.807, 2.05) is 0 Å². The fraction of sp³-hybridized carbons (Fsp3) is 0.500. The van der Waals surface area contributed by atoms with Gasteiger partial charge in [0, 0.05) is 22.8 Å². The lowest BCUT2D eigenvalue weighted by molar-refractivity contribution is -0.137. The Bertz CT molecular complexity index is 395. The Balaban J connectivity index is 2.88. The van der Waals surface area contributed by atoms with Gasteiger partial charge in [-0.3, -0.25) is 0 Å². The number of hydrogen-bond donors (Lipinski definition) is 2. The van der Waals surface area contributed by atoms with Crippen molar-refractivity contribution in [3.05, 3.63) is 28.2 Å². The number of rotatable bonds is 5. The third kappa shape index (κ3) is 4.49. The Hall–Kier alpha value is -0.750. The number of anilines is 1. The van der Waals surface area contributed by atoms with Gasteiger partial charge in [0.2, 0.25) is 0 Å². The van der Waals surface area contributed by atoms with Crippen LogP contribution in [0.3, 0.4) is 0 Å². The summed E-state index contributed by atoms with van der Waals surface area (Å²) in [5, 5.41) is 11.5. The third-order valence-electron chi connectivity index (χ3n) is 2.48. The molecule has 0 fully saturated rings. The maximum atomic E-state index is 12.8. The maximum Gasteiger partial charge on any atom is 0.418 e. The second-order valence-electron chi connectivity index (χ2n) is 4.10. The van der Waals surface area contributed by atoms with E-state index in [9.17, 15) is 13.2 Å². The molecule has 1 aromatic carbocycles. The van der Waals surface area contributed by atoms with Crippen molar-refractivity contribution in [3.8, 4) is 0 Å². The monoisotopic (exact) mass is 325 g/mol. The fourth-order valence-electron chi connectivity index (χ4n) is 1.61. The van der Waals surface area contributed by atoms with Gasteiger partial charge in [-0.25, -0.2) is 0 Å². The van der Waals surface area contributed by atoms with Crippen LogP contribution in [0.15, 0.2) is 22.7 Å². The van der Waals surface area contributed by atoms with Crippen molar-refractivity contribution < 1.29 is 18.3 Å². The molecule has 1 unspecified atom stereocenters. The van der Waals surface area contributed by atoms with E-state index in [4.69, 9.17) is 5.11 Å². The molecule has 0 spiro atoms. The quantitative estimate of drug-likeness (QED) is 0.856. The molecular formula is C12H15BrF3NO. The van der Waals surface area contributed by atoms with E-state index in [0.29, 0.717) is 17.3 Å². The minimum atomic E-state index is -4.39. The highest BCUT2D eigenvalue weighted by atomic mass is 79.9. The molecule has 1 aromatic rings.